The van der Waals surface area contributed by atoms with Crippen LogP contribution in [0.15, 0.2) is 42.6 Å². The van der Waals surface area contributed by atoms with E-state index in [9.17, 15) is 26.7 Å². The zero-order valence-corrected chi connectivity index (χ0v) is 27.1. The minimum absolute atomic E-state index is 0.111. The second-order valence-electron chi connectivity index (χ2n) is 12.1. The van der Waals surface area contributed by atoms with Crippen molar-refractivity contribution in [1.82, 2.24) is 30.2 Å². The molecule has 1 saturated heterocycles. The van der Waals surface area contributed by atoms with Crippen LogP contribution in [0.4, 0.5) is 27.9 Å². The average Bonchev–Trinajstić information content (AvgIpc) is 3.43. The molecule has 2 aromatic carbocycles. The summed E-state index contributed by atoms with van der Waals surface area (Å²) in [7, 11) is 0. The number of aliphatic carboxylic acids is 1. The lowest BCUT2D eigenvalue weighted by Gasteiger charge is -2.24. The Morgan fingerprint density at radius 2 is 1.76 bits per heavy atom. The fourth-order valence-corrected chi connectivity index (χ4v) is 6.17. The first-order chi connectivity index (χ1) is 23.4. The molecule has 0 radical (unpaired) electrons. The molecule has 1 aliphatic carbocycles. The third-order valence-electron chi connectivity index (χ3n) is 8.42. The Morgan fingerprint density at radius 1 is 1.00 bits per heavy atom. The molecule has 0 spiro atoms. The van der Waals surface area contributed by atoms with E-state index >= 15 is 0 Å². The number of carbonyl (C=O) groups is 2. The Labute approximate surface area is 283 Å². The van der Waals surface area contributed by atoms with Crippen molar-refractivity contribution in [1.29, 1.82) is 0 Å². The van der Waals surface area contributed by atoms with Crippen molar-refractivity contribution in [3.63, 3.8) is 0 Å². The highest BCUT2D eigenvalue weighted by Crippen LogP contribution is 2.32. The summed E-state index contributed by atoms with van der Waals surface area (Å²) in [6.45, 7) is 2.80. The Balaban J connectivity index is 0.000000606. The minimum Gasteiger partial charge on any atom is -0.475 e. The molecular weight excluding hydrogens is 673 g/mol. The Kier molecular flexibility index (Phi) is 11.7. The van der Waals surface area contributed by atoms with E-state index in [-0.39, 0.29) is 18.5 Å². The van der Waals surface area contributed by atoms with Crippen LogP contribution in [0.25, 0.3) is 22.6 Å². The highest BCUT2D eigenvalue weighted by molar-refractivity contribution is 6.33. The monoisotopic (exact) mass is 707 g/mol. The van der Waals surface area contributed by atoms with Crippen LogP contribution in [0, 0.1) is 17.6 Å². The number of nitrogens with one attached hydrogen (secondary N) is 3. The number of piperidine rings is 1. The maximum absolute atomic E-state index is 13.7. The van der Waals surface area contributed by atoms with E-state index in [1.807, 2.05) is 6.07 Å². The van der Waals surface area contributed by atoms with Gasteiger partial charge in [0.25, 0.3) is 5.91 Å². The molecular formula is C33H35ClF5N7O3. The van der Waals surface area contributed by atoms with Crippen molar-refractivity contribution in [2.24, 2.45) is 5.92 Å². The van der Waals surface area contributed by atoms with Crippen molar-refractivity contribution < 1.29 is 36.6 Å². The van der Waals surface area contributed by atoms with Crippen molar-refractivity contribution in [3.05, 3.63) is 70.4 Å². The smallest absolute Gasteiger partial charge is 0.475 e. The zero-order valence-electron chi connectivity index (χ0n) is 26.3. The van der Waals surface area contributed by atoms with Crippen LogP contribution >= 0.6 is 11.6 Å². The van der Waals surface area contributed by atoms with E-state index in [1.54, 1.807) is 18.3 Å². The zero-order chi connectivity index (χ0) is 35.1. The number of halogens is 6. The van der Waals surface area contributed by atoms with Crippen LogP contribution in [0.5, 0.6) is 0 Å². The number of carboxylic acids is 1. The van der Waals surface area contributed by atoms with Crippen LogP contribution in [-0.4, -0.2) is 61.8 Å². The fraction of sp³-hybridized carbons (Fsp3) is 0.424. The summed E-state index contributed by atoms with van der Waals surface area (Å²) < 4.78 is 60.8. The van der Waals surface area contributed by atoms with Gasteiger partial charge in [0.15, 0.2) is 17.3 Å². The van der Waals surface area contributed by atoms with Gasteiger partial charge >= 0.3 is 12.1 Å². The Morgan fingerprint density at radius 3 is 2.41 bits per heavy atom. The molecule has 2 fully saturated rings. The summed E-state index contributed by atoms with van der Waals surface area (Å²) in [6, 6.07) is 9.34. The molecule has 4 aromatic rings. The van der Waals surface area contributed by atoms with Crippen molar-refractivity contribution >= 4 is 40.6 Å². The molecule has 6 rings (SSSR count). The van der Waals surface area contributed by atoms with Gasteiger partial charge in [-0.05, 0) is 80.6 Å². The Bertz CT molecular complexity index is 1790. The van der Waals surface area contributed by atoms with Gasteiger partial charge in [-0.2, -0.15) is 18.2 Å². The second kappa shape index (κ2) is 15.9. The summed E-state index contributed by atoms with van der Waals surface area (Å²) in [5, 5.41) is 17.3. The number of fused-ring (bicyclic) bond motifs is 1. The molecule has 10 nitrogen and oxygen atoms in total. The van der Waals surface area contributed by atoms with E-state index in [0.717, 1.165) is 63.7 Å². The van der Waals surface area contributed by atoms with Gasteiger partial charge in [0.1, 0.15) is 11.3 Å². The summed E-state index contributed by atoms with van der Waals surface area (Å²) in [5.74, 6) is -3.27. The van der Waals surface area contributed by atoms with Gasteiger partial charge in [0, 0.05) is 30.3 Å². The van der Waals surface area contributed by atoms with Crippen LogP contribution in [0.1, 0.15) is 60.9 Å². The number of hydrogen-bond acceptors (Lipinski definition) is 7. The highest BCUT2D eigenvalue weighted by Gasteiger charge is 2.38. The quantitative estimate of drug-likeness (QED) is 0.148. The molecule has 1 atom stereocenters. The van der Waals surface area contributed by atoms with E-state index in [0.29, 0.717) is 57.1 Å². The van der Waals surface area contributed by atoms with Gasteiger partial charge in [-0.25, -0.2) is 23.5 Å². The lowest BCUT2D eigenvalue weighted by molar-refractivity contribution is -0.192. The molecule has 4 N–H and O–H groups in total. The molecule has 49 heavy (non-hydrogen) atoms. The molecule has 1 saturated carbocycles. The van der Waals surface area contributed by atoms with Crippen LogP contribution < -0.4 is 16.0 Å². The lowest BCUT2D eigenvalue weighted by Crippen LogP contribution is -2.36. The number of aromatic nitrogens is 4. The first-order valence-corrected chi connectivity index (χ1v) is 16.3. The number of benzene rings is 2. The van der Waals surface area contributed by atoms with Crippen molar-refractivity contribution in [2.75, 3.05) is 18.4 Å². The molecule has 2 aromatic heterocycles. The predicted octanol–water partition coefficient (Wildman–Crippen LogP) is 6.73. The molecule has 0 unspecified atom stereocenters. The second-order valence-corrected chi connectivity index (χ2v) is 12.5. The Hall–Kier alpha value is -4.37. The van der Waals surface area contributed by atoms with E-state index < -0.39 is 23.8 Å². The SMILES string of the molecule is O=C(NC1CCCCC1)c1ccc(-c2nc3cnc(NCc4ccc(F)c(F)c4)nc3n2C[C@@H]2CCCNC2)c(Cl)c1.O=C(O)C(F)(F)F. The number of carboxylic acid groups (broad SMARTS) is 1. The van der Waals surface area contributed by atoms with Crippen molar-refractivity contribution in [3.8, 4) is 11.4 Å². The van der Waals surface area contributed by atoms with Gasteiger partial charge in [-0.15, -0.1) is 0 Å². The van der Waals surface area contributed by atoms with Gasteiger partial charge in [0.2, 0.25) is 5.95 Å². The van der Waals surface area contributed by atoms with E-state index in [4.69, 9.17) is 31.5 Å². The summed E-state index contributed by atoms with van der Waals surface area (Å²) >= 11 is 6.81. The topological polar surface area (TPSA) is 134 Å². The number of alkyl halides is 3. The average molecular weight is 708 g/mol. The number of hydrogen-bond donors (Lipinski definition) is 4. The number of amides is 1. The summed E-state index contributed by atoms with van der Waals surface area (Å²) in [5.41, 5.74) is 3.07. The summed E-state index contributed by atoms with van der Waals surface area (Å²) in [6.07, 6.45) is 4.26. The number of rotatable bonds is 8. The first kappa shape index (κ1) is 35.9. The molecule has 1 aliphatic heterocycles. The first-order valence-electron chi connectivity index (χ1n) is 15.9. The standard InChI is InChI=1S/C31H34ClF2N7O.C2HF3O2/c32-24-14-21(30(42)38-22-6-2-1-3-7-22)9-10-23(24)28-39-27-17-37-31(36-16-19-8-11-25(33)26(34)13-19)40-29(27)41(28)18-20-5-4-12-35-15-20;3-2(4,5)1(6)7/h8-11,13-14,17,20,22,35H,1-7,12,15-16,18H2,(H,38,42)(H,36,37,40);(H,6,7)/t20-;/m1./s1. The number of anilines is 1. The fourth-order valence-electron chi connectivity index (χ4n) is 5.90. The van der Waals surface area contributed by atoms with Crippen LogP contribution in [-0.2, 0) is 17.9 Å². The van der Waals surface area contributed by atoms with Gasteiger partial charge in [-0.1, -0.05) is 36.9 Å². The molecule has 3 heterocycles. The number of carbonyl (C=O) groups excluding carboxylic acids is 1. The molecule has 262 valence electrons. The van der Waals surface area contributed by atoms with Crippen molar-refractivity contribution in [2.45, 2.75) is 70.3 Å². The van der Waals surface area contributed by atoms with Crippen LogP contribution in [0.2, 0.25) is 5.02 Å². The lowest BCUT2D eigenvalue weighted by atomic mass is 9.95. The largest absolute Gasteiger partial charge is 0.490 e. The third-order valence-corrected chi connectivity index (χ3v) is 8.73. The van der Waals surface area contributed by atoms with Gasteiger partial charge in [-0.3, -0.25) is 4.79 Å². The molecule has 16 heteroatoms. The molecule has 2 aliphatic rings. The predicted molar refractivity (Wildman–Crippen MR) is 173 cm³/mol. The van der Waals surface area contributed by atoms with Crippen LogP contribution in [0.3, 0.4) is 0 Å². The number of imidazole rings is 1. The highest BCUT2D eigenvalue weighted by atomic mass is 35.5. The third kappa shape index (κ3) is 9.41. The normalized spacial score (nSPS) is 16.9. The van der Waals surface area contributed by atoms with Gasteiger partial charge < -0.3 is 25.6 Å². The van der Waals surface area contributed by atoms with Gasteiger partial charge in [0.05, 0.1) is 11.2 Å². The molecule has 1 amide bonds. The number of nitrogens with zero attached hydrogens (tertiary/aromatic N) is 4. The van der Waals surface area contributed by atoms with E-state index in [2.05, 4.69) is 25.5 Å². The van der Waals surface area contributed by atoms with E-state index in [1.165, 1.54) is 12.5 Å². The summed E-state index contributed by atoms with van der Waals surface area (Å²) in [4.78, 5) is 35.9. The maximum atomic E-state index is 13.7. The molecule has 0 bridgehead atoms. The maximum Gasteiger partial charge on any atom is 0.490 e. The minimum atomic E-state index is -5.08.